The number of esters is 1. The van der Waals surface area contributed by atoms with Crippen LogP contribution in [0.15, 0.2) is 18.2 Å². The van der Waals surface area contributed by atoms with Crippen molar-refractivity contribution in [3.05, 3.63) is 35.1 Å². The molecule has 1 aromatic rings. The van der Waals surface area contributed by atoms with Gasteiger partial charge in [0.15, 0.2) is 0 Å². The van der Waals surface area contributed by atoms with Gasteiger partial charge in [-0.1, -0.05) is 25.5 Å². The van der Waals surface area contributed by atoms with Crippen LogP contribution in [0.2, 0.25) is 0 Å². The molecule has 0 fully saturated rings. The van der Waals surface area contributed by atoms with Crippen molar-refractivity contribution in [2.24, 2.45) is 5.92 Å². The fraction of sp³-hybridized carbons (Fsp3) is 0.429. The SMILES string of the molecule is COC(=O)[C@@H](NC(=O)c1cc(C)ccc1F)C(C)C. The molecule has 0 aliphatic carbocycles. The van der Waals surface area contributed by atoms with Gasteiger partial charge in [-0.15, -0.1) is 0 Å². The van der Waals surface area contributed by atoms with E-state index in [1.165, 1.54) is 19.2 Å². The second-order valence-corrected chi connectivity index (χ2v) is 4.70. The van der Waals surface area contributed by atoms with Crippen molar-refractivity contribution in [2.45, 2.75) is 26.8 Å². The summed E-state index contributed by atoms with van der Waals surface area (Å²) < 4.78 is 18.2. The van der Waals surface area contributed by atoms with E-state index in [4.69, 9.17) is 0 Å². The van der Waals surface area contributed by atoms with Crippen LogP contribution in [0.4, 0.5) is 4.39 Å². The third-order valence-electron chi connectivity index (χ3n) is 2.77. The van der Waals surface area contributed by atoms with Crippen LogP contribution in [-0.4, -0.2) is 25.0 Å². The Morgan fingerprint density at radius 1 is 1.32 bits per heavy atom. The van der Waals surface area contributed by atoms with Crippen molar-refractivity contribution in [2.75, 3.05) is 7.11 Å². The van der Waals surface area contributed by atoms with E-state index in [2.05, 4.69) is 10.1 Å². The molecule has 1 atom stereocenters. The second-order valence-electron chi connectivity index (χ2n) is 4.70. The molecule has 0 spiro atoms. The number of benzene rings is 1. The smallest absolute Gasteiger partial charge is 0.328 e. The molecule has 5 heteroatoms. The van der Waals surface area contributed by atoms with Gasteiger partial charge in [0.25, 0.3) is 5.91 Å². The molecule has 0 aromatic heterocycles. The summed E-state index contributed by atoms with van der Waals surface area (Å²) >= 11 is 0. The average molecular weight is 267 g/mol. The summed E-state index contributed by atoms with van der Waals surface area (Å²) in [5, 5.41) is 2.50. The van der Waals surface area contributed by atoms with Gasteiger partial charge in [-0.3, -0.25) is 4.79 Å². The summed E-state index contributed by atoms with van der Waals surface area (Å²) in [5.41, 5.74) is 0.695. The monoisotopic (exact) mass is 267 g/mol. The third kappa shape index (κ3) is 3.77. The first-order valence-electron chi connectivity index (χ1n) is 6.01. The lowest BCUT2D eigenvalue weighted by Gasteiger charge is -2.20. The van der Waals surface area contributed by atoms with Crippen molar-refractivity contribution in [1.82, 2.24) is 5.32 Å². The summed E-state index contributed by atoms with van der Waals surface area (Å²) in [6.45, 7) is 5.30. The van der Waals surface area contributed by atoms with Crippen LogP contribution in [0.25, 0.3) is 0 Å². The molecular formula is C14H18FNO3. The quantitative estimate of drug-likeness (QED) is 0.850. The van der Waals surface area contributed by atoms with Crippen LogP contribution in [-0.2, 0) is 9.53 Å². The molecule has 19 heavy (non-hydrogen) atoms. The van der Waals surface area contributed by atoms with Crippen molar-refractivity contribution >= 4 is 11.9 Å². The first kappa shape index (κ1) is 15.1. The van der Waals surface area contributed by atoms with E-state index >= 15 is 0 Å². The van der Waals surface area contributed by atoms with Gasteiger partial charge in [0.2, 0.25) is 0 Å². The zero-order chi connectivity index (χ0) is 14.6. The summed E-state index contributed by atoms with van der Waals surface area (Å²) in [6, 6.07) is 3.45. The first-order chi connectivity index (χ1) is 8.86. The Labute approximate surface area is 112 Å². The van der Waals surface area contributed by atoms with Crippen LogP contribution in [0, 0.1) is 18.7 Å². The molecule has 1 rings (SSSR count). The maximum absolute atomic E-state index is 13.6. The number of amides is 1. The van der Waals surface area contributed by atoms with Crippen molar-refractivity contribution in [1.29, 1.82) is 0 Å². The molecule has 0 unspecified atom stereocenters. The van der Waals surface area contributed by atoms with Gasteiger partial charge >= 0.3 is 5.97 Å². The maximum atomic E-state index is 13.6. The molecule has 0 bridgehead atoms. The topological polar surface area (TPSA) is 55.4 Å². The summed E-state index contributed by atoms with van der Waals surface area (Å²) in [7, 11) is 1.25. The third-order valence-corrected chi connectivity index (χ3v) is 2.77. The Kier molecular flexibility index (Phi) is 5.03. The molecule has 4 nitrogen and oxygen atoms in total. The standard InChI is InChI=1S/C14H18FNO3/c1-8(2)12(14(18)19-4)16-13(17)10-7-9(3)5-6-11(10)15/h5-8,12H,1-4H3,(H,16,17)/t12-/m0/s1. The highest BCUT2D eigenvalue weighted by Gasteiger charge is 2.26. The van der Waals surface area contributed by atoms with E-state index in [0.717, 1.165) is 5.56 Å². The summed E-state index contributed by atoms with van der Waals surface area (Å²) in [6.07, 6.45) is 0. The van der Waals surface area contributed by atoms with E-state index in [-0.39, 0.29) is 11.5 Å². The van der Waals surface area contributed by atoms with E-state index in [1.54, 1.807) is 26.8 Å². The molecule has 1 amide bonds. The van der Waals surface area contributed by atoms with E-state index in [9.17, 15) is 14.0 Å². The lowest BCUT2D eigenvalue weighted by molar-refractivity contribution is -0.144. The van der Waals surface area contributed by atoms with Crippen LogP contribution >= 0.6 is 0 Å². The second kappa shape index (κ2) is 6.31. The minimum Gasteiger partial charge on any atom is -0.467 e. The molecule has 0 saturated carbocycles. The predicted octanol–water partition coefficient (Wildman–Crippen LogP) is 2.06. The largest absolute Gasteiger partial charge is 0.467 e. The molecule has 0 radical (unpaired) electrons. The number of ether oxygens (including phenoxy) is 1. The predicted molar refractivity (Wildman–Crippen MR) is 69.2 cm³/mol. The van der Waals surface area contributed by atoms with Gasteiger partial charge in [-0.2, -0.15) is 0 Å². The number of rotatable bonds is 4. The highest BCUT2D eigenvalue weighted by molar-refractivity contribution is 5.97. The zero-order valence-corrected chi connectivity index (χ0v) is 11.5. The molecule has 1 N–H and O–H groups in total. The summed E-state index contributed by atoms with van der Waals surface area (Å²) in [4.78, 5) is 23.5. The van der Waals surface area contributed by atoms with E-state index in [0.29, 0.717) is 0 Å². The Balaban J connectivity index is 2.94. The van der Waals surface area contributed by atoms with Crippen molar-refractivity contribution in [3.8, 4) is 0 Å². The van der Waals surface area contributed by atoms with Gasteiger partial charge in [-0.05, 0) is 25.0 Å². The van der Waals surface area contributed by atoms with Crippen LogP contribution in [0.5, 0.6) is 0 Å². The van der Waals surface area contributed by atoms with E-state index in [1.807, 2.05) is 0 Å². The fourth-order valence-electron chi connectivity index (χ4n) is 1.66. The number of carbonyl (C=O) groups excluding carboxylic acids is 2. The number of hydrogen-bond acceptors (Lipinski definition) is 3. The van der Waals surface area contributed by atoms with Gasteiger partial charge in [0.05, 0.1) is 12.7 Å². The molecule has 104 valence electrons. The Bertz CT molecular complexity index is 486. The van der Waals surface area contributed by atoms with Gasteiger partial charge < -0.3 is 10.1 Å². The molecule has 0 aliphatic rings. The number of aryl methyl sites for hydroxylation is 1. The number of nitrogens with one attached hydrogen (secondary N) is 1. The minimum absolute atomic E-state index is 0.0745. The molecule has 0 heterocycles. The van der Waals surface area contributed by atoms with Gasteiger partial charge in [0.1, 0.15) is 11.9 Å². The molecule has 0 saturated heterocycles. The van der Waals surface area contributed by atoms with Crippen LogP contribution in [0.3, 0.4) is 0 Å². The van der Waals surface area contributed by atoms with Crippen LogP contribution < -0.4 is 5.32 Å². The summed E-state index contributed by atoms with van der Waals surface area (Å²) in [5.74, 6) is -1.93. The zero-order valence-electron chi connectivity index (χ0n) is 11.5. The highest BCUT2D eigenvalue weighted by atomic mass is 19.1. The lowest BCUT2D eigenvalue weighted by atomic mass is 10.0. The number of methoxy groups -OCH3 is 1. The number of halogens is 1. The molecular weight excluding hydrogens is 249 g/mol. The normalized spacial score (nSPS) is 12.1. The van der Waals surface area contributed by atoms with Gasteiger partial charge in [-0.25, -0.2) is 9.18 Å². The first-order valence-corrected chi connectivity index (χ1v) is 6.01. The van der Waals surface area contributed by atoms with Crippen molar-refractivity contribution in [3.63, 3.8) is 0 Å². The Hall–Kier alpha value is -1.91. The highest BCUT2D eigenvalue weighted by Crippen LogP contribution is 2.12. The molecule has 1 aromatic carbocycles. The maximum Gasteiger partial charge on any atom is 0.328 e. The Morgan fingerprint density at radius 3 is 2.47 bits per heavy atom. The fourth-order valence-corrected chi connectivity index (χ4v) is 1.66. The molecule has 0 aliphatic heterocycles. The Morgan fingerprint density at radius 2 is 1.95 bits per heavy atom. The minimum atomic E-state index is -0.794. The number of hydrogen-bond donors (Lipinski definition) is 1. The lowest BCUT2D eigenvalue weighted by Crippen LogP contribution is -2.45. The van der Waals surface area contributed by atoms with Crippen LogP contribution in [0.1, 0.15) is 29.8 Å². The van der Waals surface area contributed by atoms with Gasteiger partial charge in [0, 0.05) is 0 Å². The average Bonchev–Trinajstić information content (AvgIpc) is 2.37. The van der Waals surface area contributed by atoms with E-state index < -0.39 is 23.7 Å². The van der Waals surface area contributed by atoms with Crippen molar-refractivity contribution < 1.29 is 18.7 Å². The number of carbonyl (C=O) groups is 2.